The Morgan fingerprint density at radius 2 is 2.00 bits per heavy atom. The molecule has 2 rings (SSSR count). The van der Waals surface area contributed by atoms with E-state index in [1.54, 1.807) is 40.0 Å². The van der Waals surface area contributed by atoms with Gasteiger partial charge in [0, 0.05) is 12.4 Å². The topological polar surface area (TPSA) is 51.2 Å². The van der Waals surface area contributed by atoms with Crippen molar-refractivity contribution >= 4 is 22.7 Å². The highest BCUT2D eigenvalue weighted by Gasteiger charge is 2.21. The second-order valence-electron chi connectivity index (χ2n) is 5.47. The van der Waals surface area contributed by atoms with Crippen LogP contribution in [-0.2, 0) is 4.74 Å². The van der Waals surface area contributed by atoms with E-state index in [4.69, 9.17) is 4.74 Å². The molecule has 4 nitrogen and oxygen atoms in total. The van der Waals surface area contributed by atoms with E-state index < -0.39 is 17.4 Å². The van der Waals surface area contributed by atoms with Gasteiger partial charge in [-0.2, -0.15) is 0 Å². The summed E-state index contributed by atoms with van der Waals surface area (Å²) in [6.07, 6.45) is 0. The molecule has 1 N–H and O–H groups in total. The zero-order valence-corrected chi connectivity index (χ0v) is 12.0. The number of carbonyl (C=O) groups is 1. The summed E-state index contributed by atoms with van der Waals surface area (Å²) < 4.78 is 18.9. The van der Waals surface area contributed by atoms with E-state index in [0.717, 1.165) is 6.07 Å². The number of hydrogen-bond acceptors (Lipinski definition) is 4. The summed E-state index contributed by atoms with van der Waals surface area (Å²) in [7, 11) is 1.73. The second-order valence-corrected chi connectivity index (χ2v) is 5.47. The summed E-state index contributed by atoms with van der Waals surface area (Å²) in [6.45, 7) is 5.29. The van der Waals surface area contributed by atoms with E-state index in [9.17, 15) is 9.18 Å². The zero-order chi connectivity index (χ0) is 14.9. The average Bonchev–Trinajstić information content (AvgIpc) is 2.35. The first kappa shape index (κ1) is 14.2. The van der Waals surface area contributed by atoms with E-state index in [1.807, 2.05) is 0 Å². The van der Waals surface area contributed by atoms with E-state index in [0.29, 0.717) is 16.7 Å². The molecule has 0 amide bonds. The van der Waals surface area contributed by atoms with Crippen molar-refractivity contribution in [3.05, 3.63) is 35.6 Å². The molecular weight excluding hydrogens is 259 g/mol. The van der Waals surface area contributed by atoms with Crippen LogP contribution in [-0.4, -0.2) is 23.6 Å². The Morgan fingerprint density at radius 1 is 1.30 bits per heavy atom. The Morgan fingerprint density at radius 3 is 2.60 bits per heavy atom. The minimum Gasteiger partial charge on any atom is -0.456 e. The lowest BCUT2D eigenvalue weighted by Crippen LogP contribution is -2.24. The molecule has 20 heavy (non-hydrogen) atoms. The molecule has 1 aromatic heterocycles. The summed E-state index contributed by atoms with van der Waals surface area (Å²) in [5, 5.41) is 3.45. The van der Waals surface area contributed by atoms with Crippen molar-refractivity contribution in [2.45, 2.75) is 26.4 Å². The van der Waals surface area contributed by atoms with Gasteiger partial charge in [-0.3, -0.25) is 0 Å². The molecule has 1 aromatic carbocycles. The number of halogens is 1. The highest BCUT2D eigenvalue weighted by atomic mass is 19.1. The van der Waals surface area contributed by atoms with Crippen molar-refractivity contribution in [1.82, 2.24) is 4.98 Å². The summed E-state index contributed by atoms with van der Waals surface area (Å²) in [6, 6.07) is 5.93. The number of carbonyl (C=O) groups excluding carboxylic acids is 1. The molecule has 0 fully saturated rings. The monoisotopic (exact) mass is 276 g/mol. The number of nitrogens with one attached hydrogen (secondary N) is 1. The van der Waals surface area contributed by atoms with Crippen LogP contribution < -0.4 is 5.32 Å². The number of fused-ring (bicyclic) bond motifs is 1. The van der Waals surface area contributed by atoms with Crippen LogP contribution in [0.25, 0.3) is 10.9 Å². The van der Waals surface area contributed by atoms with Crippen molar-refractivity contribution in [2.24, 2.45) is 0 Å². The van der Waals surface area contributed by atoms with Crippen molar-refractivity contribution < 1.29 is 13.9 Å². The highest BCUT2D eigenvalue weighted by Crippen LogP contribution is 2.23. The van der Waals surface area contributed by atoms with Gasteiger partial charge in [0.15, 0.2) is 0 Å². The Hall–Kier alpha value is -2.17. The van der Waals surface area contributed by atoms with Gasteiger partial charge in [-0.1, -0.05) is 0 Å². The lowest BCUT2D eigenvalue weighted by molar-refractivity contribution is 0.00711. The molecule has 5 heteroatoms. The standard InChI is InChI=1S/C15H17FN2O2/c1-15(2,3)20-14(19)11-8-10(16)7-9-5-6-12(17-4)18-13(9)11/h5-8H,1-4H3,(H,17,18). The number of rotatable bonds is 2. The minimum atomic E-state index is -0.643. The number of nitrogens with zero attached hydrogens (tertiary/aromatic N) is 1. The number of pyridine rings is 1. The minimum absolute atomic E-state index is 0.132. The van der Waals surface area contributed by atoms with Gasteiger partial charge in [0.2, 0.25) is 0 Å². The number of hydrogen-bond donors (Lipinski definition) is 1. The SMILES string of the molecule is CNc1ccc2cc(F)cc(C(=O)OC(C)(C)C)c2n1. The molecular formula is C15H17FN2O2. The van der Waals surface area contributed by atoms with Gasteiger partial charge < -0.3 is 10.1 Å². The predicted octanol–water partition coefficient (Wildman–Crippen LogP) is 3.37. The first-order valence-corrected chi connectivity index (χ1v) is 6.31. The molecule has 2 aromatic rings. The van der Waals surface area contributed by atoms with Crippen molar-refractivity contribution in [1.29, 1.82) is 0 Å². The molecule has 0 aliphatic rings. The van der Waals surface area contributed by atoms with Crippen LogP contribution in [0.15, 0.2) is 24.3 Å². The maximum Gasteiger partial charge on any atom is 0.340 e. The fourth-order valence-electron chi connectivity index (χ4n) is 1.83. The molecule has 0 aliphatic heterocycles. The van der Waals surface area contributed by atoms with Crippen LogP contribution in [0.3, 0.4) is 0 Å². The van der Waals surface area contributed by atoms with Gasteiger partial charge in [0.05, 0.1) is 11.1 Å². The molecule has 0 spiro atoms. The Balaban J connectivity index is 2.58. The number of anilines is 1. The third-order valence-corrected chi connectivity index (χ3v) is 2.63. The number of aromatic nitrogens is 1. The lowest BCUT2D eigenvalue weighted by Gasteiger charge is -2.20. The molecule has 0 radical (unpaired) electrons. The quantitative estimate of drug-likeness (QED) is 0.854. The van der Waals surface area contributed by atoms with E-state index in [1.165, 1.54) is 6.07 Å². The molecule has 0 saturated heterocycles. The van der Waals surface area contributed by atoms with E-state index in [-0.39, 0.29) is 5.56 Å². The van der Waals surface area contributed by atoms with Crippen LogP contribution in [0.1, 0.15) is 31.1 Å². The van der Waals surface area contributed by atoms with Gasteiger partial charge in [-0.25, -0.2) is 14.2 Å². The van der Waals surface area contributed by atoms with Crippen LogP contribution in [0, 0.1) is 5.82 Å². The lowest BCUT2D eigenvalue weighted by atomic mass is 10.1. The number of benzene rings is 1. The van der Waals surface area contributed by atoms with Crippen LogP contribution in [0.5, 0.6) is 0 Å². The molecule has 1 heterocycles. The molecule has 0 aliphatic carbocycles. The third kappa shape index (κ3) is 3.04. The van der Waals surface area contributed by atoms with Gasteiger partial charge in [-0.05, 0) is 45.0 Å². The van der Waals surface area contributed by atoms with E-state index >= 15 is 0 Å². The predicted molar refractivity (Wildman–Crippen MR) is 76.4 cm³/mol. The van der Waals surface area contributed by atoms with Crippen LogP contribution in [0.4, 0.5) is 10.2 Å². The first-order valence-electron chi connectivity index (χ1n) is 6.31. The summed E-state index contributed by atoms with van der Waals surface area (Å²) in [4.78, 5) is 16.5. The summed E-state index contributed by atoms with van der Waals surface area (Å²) in [5.74, 6) is -0.464. The zero-order valence-electron chi connectivity index (χ0n) is 12.0. The van der Waals surface area contributed by atoms with Gasteiger partial charge >= 0.3 is 5.97 Å². The summed E-state index contributed by atoms with van der Waals surface area (Å²) >= 11 is 0. The maximum atomic E-state index is 13.6. The highest BCUT2D eigenvalue weighted by molar-refractivity contribution is 6.03. The average molecular weight is 276 g/mol. The first-order chi connectivity index (χ1) is 9.30. The molecule has 0 saturated carbocycles. The largest absolute Gasteiger partial charge is 0.456 e. The van der Waals surface area contributed by atoms with E-state index in [2.05, 4.69) is 10.3 Å². The molecule has 0 atom stereocenters. The molecule has 106 valence electrons. The van der Waals surface area contributed by atoms with Crippen LogP contribution >= 0.6 is 0 Å². The number of ether oxygens (including phenoxy) is 1. The Kier molecular flexibility index (Phi) is 3.61. The number of esters is 1. The molecule has 0 unspecified atom stereocenters. The second kappa shape index (κ2) is 5.07. The van der Waals surface area contributed by atoms with Gasteiger partial charge in [0.25, 0.3) is 0 Å². The fraction of sp³-hybridized carbons (Fsp3) is 0.333. The molecule has 0 bridgehead atoms. The van der Waals surface area contributed by atoms with Crippen molar-refractivity contribution in [3.63, 3.8) is 0 Å². The summed E-state index contributed by atoms with van der Waals surface area (Å²) in [5.41, 5.74) is -0.0874. The van der Waals surface area contributed by atoms with Crippen molar-refractivity contribution in [2.75, 3.05) is 12.4 Å². The van der Waals surface area contributed by atoms with Gasteiger partial charge in [0.1, 0.15) is 17.2 Å². The fourth-order valence-corrected chi connectivity index (χ4v) is 1.83. The van der Waals surface area contributed by atoms with Gasteiger partial charge in [-0.15, -0.1) is 0 Å². The van der Waals surface area contributed by atoms with Crippen LogP contribution in [0.2, 0.25) is 0 Å². The third-order valence-electron chi connectivity index (χ3n) is 2.63. The Labute approximate surface area is 117 Å². The smallest absolute Gasteiger partial charge is 0.340 e. The van der Waals surface area contributed by atoms with Crippen molar-refractivity contribution in [3.8, 4) is 0 Å². The normalized spacial score (nSPS) is 11.4. The Bertz CT molecular complexity index is 663. The maximum absolute atomic E-state index is 13.6.